The van der Waals surface area contributed by atoms with E-state index in [-0.39, 0.29) is 11.8 Å². The van der Waals surface area contributed by atoms with Gasteiger partial charge in [-0.05, 0) is 42.2 Å². The number of hydrogen-bond acceptors (Lipinski definition) is 3. The van der Waals surface area contributed by atoms with Gasteiger partial charge in [0.05, 0.1) is 19.1 Å². The minimum Gasteiger partial charge on any atom is -0.379 e. The Labute approximate surface area is 148 Å². The number of nitrogens with one attached hydrogen (secondary N) is 1. The number of carbonyl (C=O) groups excluding carboxylic acids is 1. The third-order valence-corrected chi connectivity index (χ3v) is 5.43. The van der Waals surface area contributed by atoms with Crippen molar-refractivity contribution in [1.82, 2.24) is 4.90 Å². The maximum absolute atomic E-state index is 12.5. The van der Waals surface area contributed by atoms with Crippen LogP contribution in [0.15, 0.2) is 48.5 Å². The van der Waals surface area contributed by atoms with Crippen LogP contribution in [0.2, 0.25) is 0 Å². The van der Waals surface area contributed by atoms with E-state index in [1.807, 2.05) is 24.3 Å². The molecular weight excluding hydrogens is 312 g/mol. The molecule has 25 heavy (non-hydrogen) atoms. The fourth-order valence-electron chi connectivity index (χ4n) is 3.74. The molecular formula is C21H24N2O2. The third kappa shape index (κ3) is 3.32. The van der Waals surface area contributed by atoms with Gasteiger partial charge < -0.3 is 10.1 Å². The highest BCUT2D eigenvalue weighted by Crippen LogP contribution is 2.35. The van der Waals surface area contributed by atoms with Gasteiger partial charge in [-0.2, -0.15) is 0 Å². The van der Waals surface area contributed by atoms with Crippen molar-refractivity contribution in [2.45, 2.75) is 25.3 Å². The van der Waals surface area contributed by atoms with Crippen molar-refractivity contribution in [3.05, 3.63) is 65.2 Å². The summed E-state index contributed by atoms with van der Waals surface area (Å²) in [6, 6.07) is 16.8. The van der Waals surface area contributed by atoms with Crippen LogP contribution < -0.4 is 5.32 Å². The van der Waals surface area contributed by atoms with Crippen molar-refractivity contribution in [3.8, 4) is 0 Å². The Hall–Kier alpha value is -2.17. The summed E-state index contributed by atoms with van der Waals surface area (Å²) >= 11 is 0. The van der Waals surface area contributed by atoms with Gasteiger partial charge in [0.25, 0.3) is 0 Å². The molecule has 2 atom stereocenters. The van der Waals surface area contributed by atoms with E-state index < -0.39 is 0 Å². The average Bonchev–Trinajstić information content (AvgIpc) is 2.63. The normalized spacial score (nSPS) is 21.1. The molecule has 1 aliphatic heterocycles. The number of benzene rings is 2. The molecule has 4 heteroatoms. The van der Waals surface area contributed by atoms with E-state index in [2.05, 4.69) is 41.4 Å². The molecule has 1 fully saturated rings. The van der Waals surface area contributed by atoms with E-state index in [9.17, 15) is 4.79 Å². The van der Waals surface area contributed by atoms with E-state index in [0.717, 1.165) is 44.0 Å². The quantitative estimate of drug-likeness (QED) is 0.931. The second-order valence-electron chi connectivity index (χ2n) is 6.89. The SMILES string of the molecule is CC(c1ccc(NC(=O)C2Cc3ccccc32)cc1)N1CCOCC1. The molecule has 1 saturated heterocycles. The lowest BCUT2D eigenvalue weighted by molar-refractivity contribution is -0.118. The van der Waals surface area contributed by atoms with Crippen molar-refractivity contribution >= 4 is 11.6 Å². The Balaban J connectivity index is 1.38. The zero-order valence-electron chi connectivity index (χ0n) is 14.6. The van der Waals surface area contributed by atoms with Crippen LogP contribution in [-0.4, -0.2) is 37.1 Å². The molecule has 2 aromatic rings. The molecule has 0 saturated carbocycles. The number of hydrogen-bond donors (Lipinski definition) is 1. The Morgan fingerprint density at radius 1 is 1.12 bits per heavy atom. The van der Waals surface area contributed by atoms with Crippen LogP contribution in [-0.2, 0) is 16.0 Å². The molecule has 4 nitrogen and oxygen atoms in total. The first kappa shape index (κ1) is 16.3. The zero-order valence-corrected chi connectivity index (χ0v) is 14.6. The van der Waals surface area contributed by atoms with Gasteiger partial charge in [-0.1, -0.05) is 36.4 Å². The Morgan fingerprint density at radius 2 is 1.84 bits per heavy atom. The molecule has 1 heterocycles. The lowest BCUT2D eigenvalue weighted by atomic mass is 9.77. The predicted molar refractivity (Wildman–Crippen MR) is 98.8 cm³/mol. The minimum atomic E-state index is -0.0110. The fraction of sp³-hybridized carbons (Fsp3) is 0.381. The highest BCUT2D eigenvalue weighted by Gasteiger charge is 2.31. The topological polar surface area (TPSA) is 41.6 Å². The number of fused-ring (bicyclic) bond motifs is 1. The molecule has 2 unspecified atom stereocenters. The lowest BCUT2D eigenvalue weighted by Crippen LogP contribution is -2.38. The highest BCUT2D eigenvalue weighted by molar-refractivity contribution is 5.97. The second kappa shape index (κ2) is 6.98. The molecule has 0 bridgehead atoms. The van der Waals surface area contributed by atoms with Crippen LogP contribution in [0.25, 0.3) is 0 Å². The standard InChI is InChI=1S/C21H24N2O2/c1-15(23-10-12-25-13-11-23)16-6-8-18(9-7-16)22-21(24)20-14-17-4-2-3-5-19(17)20/h2-9,15,20H,10-14H2,1H3,(H,22,24). The molecule has 0 spiro atoms. The van der Waals surface area contributed by atoms with Gasteiger partial charge in [-0.3, -0.25) is 9.69 Å². The Kier molecular flexibility index (Phi) is 4.55. The number of nitrogens with zero attached hydrogens (tertiary/aromatic N) is 1. The molecule has 0 aromatic heterocycles. The second-order valence-corrected chi connectivity index (χ2v) is 6.89. The first-order valence-corrected chi connectivity index (χ1v) is 9.03. The summed E-state index contributed by atoms with van der Waals surface area (Å²) in [7, 11) is 0. The summed E-state index contributed by atoms with van der Waals surface area (Å²) in [6.07, 6.45) is 0.841. The van der Waals surface area contributed by atoms with E-state index >= 15 is 0 Å². The first-order valence-electron chi connectivity index (χ1n) is 9.03. The molecule has 1 aliphatic carbocycles. The number of rotatable bonds is 4. The van der Waals surface area contributed by atoms with E-state index in [1.54, 1.807) is 0 Å². The summed E-state index contributed by atoms with van der Waals surface area (Å²) in [5, 5.41) is 3.06. The van der Waals surface area contributed by atoms with E-state index in [1.165, 1.54) is 11.1 Å². The van der Waals surface area contributed by atoms with Crippen LogP contribution >= 0.6 is 0 Å². The maximum Gasteiger partial charge on any atom is 0.232 e. The van der Waals surface area contributed by atoms with Gasteiger partial charge in [0, 0.05) is 24.8 Å². The Morgan fingerprint density at radius 3 is 2.56 bits per heavy atom. The summed E-state index contributed by atoms with van der Waals surface area (Å²) in [5.41, 5.74) is 4.59. The van der Waals surface area contributed by atoms with Gasteiger partial charge in [-0.15, -0.1) is 0 Å². The van der Waals surface area contributed by atoms with Crippen LogP contribution in [0.5, 0.6) is 0 Å². The summed E-state index contributed by atoms with van der Waals surface area (Å²) in [5.74, 6) is 0.0795. The van der Waals surface area contributed by atoms with Gasteiger partial charge in [0.2, 0.25) is 5.91 Å². The summed E-state index contributed by atoms with van der Waals surface area (Å²) < 4.78 is 5.42. The zero-order chi connectivity index (χ0) is 17.2. The van der Waals surface area contributed by atoms with Gasteiger partial charge in [0.1, 0.15) is 0 Å². The number of carbonyl (C=O) groups is 1. The van der Waals surface area contributed by atoms with Crippen molar-refractivity contribution in [2.75, 3.05) is 31.6 Å². The van der Waals surface area contributed by atoms with E-state index in [0.29, 0.717) is 6.04 Å². The van der Waals surface area contributed by atoms with Crippen molar-refractivity contribution in [1.29, 1.82) is 0 Å². The fourth-order valence-corrected chi connectivity index (χ4v) is 3.74. The van der Waals surface area contributed by atoms with Gasteiger partial charge in [0.15, 0.2) is 0 Å². The van der Waals surface area contributed by atoms with Crippen LogP contribution in [0.3, 0.4) is 0 Å². The van der Waals surface area contributed by atoms with Crippen LogP contribution in [0, 0.1) is 0 Å². The third-order valence-electron chi connectivity index (χ3n) is 5.43. The first-order chi connectivity index (χ1) is 12.2. The summed E-state index contributed by atoms with van der Waals surface area (Å²) in [6.45, 7) is 5.79. The van der Waals surface area contributed by atoms with Gasteiger partial charge in [-0.25, -0.2) is 0 Å². The number of amides is 1. The van der Waals surface area contributed by atoms with Crippen LogP contribution in [0.4, 0.5) is 5.69 Å². The molecule has 4 rings (SSSR count). The molecule has 2 aromatic carbocycles. The van der Waals surface area contributed by atoms with Crippen molar-refractivity contribution in [3.63, 3.8) is 0 Å². The highest BCUT2D eigenvalue weighted by atomic mass is 16.5. The number of morpholine rings is 1. The van der Waals surface area contributed by atoms with Crippen molar-refractivity contribution < 1.29 is 9.53 Å². The maximum atomic E-state index is 12.5. The minimum absolute atomic E-state index is 0.0110. The molecule has 0 radical (unpaired) electrons. The largest absolute Gasteiger partial charge is 0.379 e. The number of ether oxygens (including phenoxy) is 1. The summed E-state index contributed by atoms with van der Waals surface area (Å²) in [4.78, 5) is 14.9. The molecule has 130 valence electrons. The Bertz CT molecular complexity index is 751. The molecule has 1 amide bonds. The predicted octanol–water partition coefficient (Wildman–Crippen LogP) is 3.36. The van der Waals surface area contributed by atoms with Crippen LogP contribution in [0.1, 0.15) is 35.6 Å². The van der Waals surface area contributed by atoms with E-state index in [4.69, 9.17) is 4.74 Å². The number of anilines is 1. The molecule has 1 N–H and O–H groups in total. The monoisotopic (exact) mass is 336 g/mol. The molecule has 2 aliphatic rings. The smallest absolute Gasteiger partial charge is 0.232 e. The average molecular weight is 336 g/mol. The van der Waals surface area contributed by atoms with Gasteiger partial charge >= 0.3 is 0 Å². The van der Waals surface area contributed by atoms with Crippen molar-refractivity contribution in [2.24, 2.45) is 0 Å². The lowest BCUT2D eigenvalue weighted by Gasteiger charge is -2.32.